The molecule has 4 heteroatoms. The van der Waals surface area contributed by atoms with Gasteiger partial charge in [0.2, 0.25) is 0 Å². The van der Waals surface area contributed by atoms with E-state index in [-0.39, 0.29) is 5.91 Å². The summed E-state index contributed by atoms with van der Waals surface area (Å²) in [6.45, 7) is 4.31. The quantitative estimate of drug-likeness (QED) is 0.850. The number of nitrogens with zero attached hydrogens (tertiary/aromatic N) is 1. The topological polar surface area (TPSA) is 51.2 Å². The van der Waals surface area contributed by atoms with Crippen LogP contribution in [0.1, 0.15) is 34.1 Å². The van der Waals surface area contributed by atoms with E-state index in [2.05, 4.69) is 16.5 Å². The van der Waals surface area contributed by atoms with Crippen molar-refractivity contribution in [2.45, 2.75) is 20.3 Å². The first kappa shape index (κ1) is 14.2. The molecule has 104 valence electrons. The normalized spacial score (nSPS) is 10.3. The number of hydrogen-bond acceptors (Lipinski definition) is 3. The molecule has 0 fully saturated rings. The van der Waals surface area contributed by atoms with E-state index in [0.717, 1.165) is 17.7 Å². The molecular formula is C16H18N2O2. The maximum atomic E-state index is 11.7. The number of pyridine rings is 1. The lowest BCUT2D eigenvalue weighted by Crippen LogP contribution is -2.23. The molecule has 0 unspecified atom stereocenters. The van der Waals surface area contributed by atoms with Crippen LogP contribution in [0.25, 0.3) is 0 Å². The van der Waals surface area contributed by atoms with Crippen molar-refractivity contribution in [2.75, 3.05) is 6.61 Å². The van der Waals surface area contributed by atoms with E-state index in [1.165, 1.54) is 5.56 Å². The lowest BCUT2D eigenvalue weighted by Gasteiger charge is -2.05. The zero-order valence-corrected chi connectivity index (χ0v) is 11.7. The van der Waals surface area contributed by atoms with Crippen molar-refractivity contribution >= 4 is 5.91 Å². The summed E-state index contributed by atoms with van der Waals surface area (Å²) in [5.41, 5.74) is 6.30. The minimum atomic E-state index is -0.230. The molecule has 1 amide bonds. The molecule has 2 rings (SSSR count). The highest BCUT2D eigenvalue weighted by Gasteiger charge is 2.05. The Hall–Kier alpha value is -2.20. The van der Waals surface area contributed by atoms with Gasteiger partial charge in [0.1, 0.15) is 0 Å². The summed E-state index contributed by atoms with van der Waals surface area (Å²) in [7, 11) is 0. The molecule has 0 atom stereocenters. The average molecular weight is 270 g/mol. The average Bonchev–Trinajstić information content (AvgIpc) is 2.45. The van der Waals surface area contributed by atoms with Gasteiger partial charge in [-0.25, -0.2) is 5.48 Å². The van der Waals surface area contributed by atoms with Crippen molar-refractivity contribution < 1.29 is 9.63 Å². The Morgan fingerprint density at radius 1 is 1.25 bits per heavy atom. The summed E-state index contributed by atoms with van der Waals surface area (Å²) >= 11 is 0. The number of amides is 1. The van der Waals surface area contributed by atoms with Crippen LogP contribution < -0.4 is 5.48 Å². The van der Waals surface area contributed by atoms with Crippen LogP contribution in [-0.4, -0.2) is 17.5 Å². The summed E-state index contributed by atoms with van der Waals surface area (Å²) in [5.74, 6) is -0.230. The van der Waals surface area contributed by atoms with Crippen LogP contribution in [0.2, 0.25) is 0 Å². The summed E-state index contributed by atoms with van der Waals surface area (Å²) < 4.78 is 0. The molecule has 1 aromatic carbocycles. The number of hydrogen-bond donors (Lipinski definition) is 1. The summed E-state index contributed by atoms with van der Waals surface area (Å²) in [5, 5.41) is 0. The highest BCUT2D eigenvalue weighted by atomic mass is 16.6. The number of carbonyl (C=O) groups is 1. The maximum absolute atomic E-state index is 11.7. The first-order valence-electron chi connectivity index (χ1n) is 6.61. The minimum Gasteiger partial charge on any atom is -0.274 e. The van der Waals surface area contributed by atoms with Gasteiger partial charge >= 0.3 is 0 Å². The number of aromatic nitrogens is 1. The van der Waals surface area contributed by atoms with Gasteiger partial charge in [0.05, 0.1) is 6.61 Å². The van der Waals surface area contributed by atoms with Crippen molar-refractivity contribution in [1.29, 1.82) is 0 Å². The van der Waals surface area contributed by atoms with Gasteiger partial charge in [-0.05, 0) is 49.2 Å². The van der Waals surface area contributed by atoms with E-state index < -0.39 is 0 Å². The lowest BCUT2D eigenvalue weighted by atomic mass is 10.1. The Kier molecular flexibility index (Phi) is 4.85. The minimum absolute atomic E-state index is 0.230. The van der Waals surface area contributed by atoms with Crippen LogP contribution in [0.5, 0.6) is 0 Å². The number of rotatable bonds is 5. The van der Waals surface area contributed by atoms with Gasteiger partial charge < -0.3 is 0 Å². The SMILES string of the molecule is CCONC(=O)c1ccc(Cc2cc(C)ccn2)cc1. The van der Waals surface area contributed by atoms with Crippen LogP contribution >= 0.6 is 0 Å². The van der Waals surface area contributed by atoms with Crippen LogP contribution in [0, 0.1) is 6.92 Å². The smallest absolute Gasteiger partial charge is 0.274 e. The molecule has 0 spiro atoms. The third-order valence-corrected chi connectivity index (χ3v) is 2.88. The maximum Gasteiger partial charge on any atom is 0.274 e. The molecule has 2 aromatic rings. The molecule has 0 aliphatic rings. The lowest BCUT2D eigenvalue weighted by molar-refractivity contribution is 0.0364. The summed E-state index contributed by atoms with van der Waals surface area (Å²) in [6, 6.07) is 11.5. The van der Waals surface area contributed by atoms with Gasteiger partial charge in [0.15, 0.2) is 0 Å². The Morgan fingerprint density at radius 3 is 2.65 bits per heavy atom. The molecule has 0 saturated heterocycles. The third kappa shape index (κ3) is 3.90. The number of carbonyl (C=O) groups excluding carboxylic acids is 1. The molecule has 0 aliphatic heterocycles. The van der Waals surface area contributed by atoms with Crippen molar-refractivity contribution in [3.63, 3.8) is 0 Å². The third-order valence-electron chi connectivity index (χ3n) is 2.88. The van der Waals surface area contributed by atoms with Gasteiger partial charge in [-0.15, -0.1) is 0 Å². The van der Waals surface area contributed by atoms with Gasteiger partial charge in [0.25, 0.3) is 5.91 Å². The number of aryl methyl sites for hydroxylation is 1. The second-order valence-electron chi connectivity index (χ2n) is 4.56. The van der Waals surface area contributed by atoms with E-state index in [4.69, 9.17) is 4.84 Å². The van der Waals surface area contributed by atoms with E-state index in [1.54, 1.807) is 12.1 Å². The van der Waals surface area contributed by atoms with Gasteiger partial charge in [-0.1, -0.05) is 12.1 Å². The van der Waals surface area contributed by atoms with Crippen molar-refractivity contribution in [3.8, 4) is 0 Å². The Morgan fingerprint density at radius 2 is 2.00 bits per heavy atom. The van der Waals surface area contributed by atoms with Crippen LogP contribution in [0.3, 0.4) is 0 Å². The molecule has 1 aromatic heterocycles. The Balaban J connectivity index is 2.03. The Bertz CT molecular complexity index is 579. The predicted molar refractivity (Wildman–Crippen MR) is 77.3 cm³/mol. The first-order chi connectivity index (χ1) is 9.69. The molecule has 0 aliphatic carbocycles. The fourth-order valence-electron chi connectivity index (χ4n) is 1.88. The van der Waals surface area contributed by atoms with E-state index in [1.807, 2.05) is 38.2 Å². The molecule has 20 heavy (non-hydrogen) atoms. The number of hydroxylamine groups is 1. The predicted octanol–water partition coefficient (Wildman–Crippen LogP) is 2.66. The van der Waals surface area contributed by atoms with Gasteiger partial charge in [-0.2, -0.15) is 0 Å². The summed E-state index contributed by atoms with van der Waals surface area (Å²) in [4.78, 5) is 20.9. The van der Waals surface area contributed by atoms with Gasteiger partial charge in [-0.3, -0.25) is 14.6 Å². The van der Waals surface area contributed by atoms with Crippen molar-refractivity contribution in [3.05, 3.63) is 65.0 Å². The van der Waals surface area contributed by atoms with Crippen LogP contribution in [-0.2, 0) is 11.3 Å². The second kappa shape index (κ2) is 6.82. The molecule has 1 heterocycles. The Labute approximate surface area is 118 Å². The van der Waals surface area contributed by atoms with Crippen LogP contribution in [0.15, 0.2) is 42.6 Å². The zero-order chi connectivity index (χ0) is 14.4. The highest BCUT2D eigenvalue weighted by molar-refractivity contribution is 5.93. The molecule has 0 saturated carbocycles. The second-order valence-corrected chi connectivity index (χ2v) is 4.56. The van der Waals surface area contributed by atoms with Crippen molar-refractivity contribution in [1.82, 2.24) is 10.5 Å². The largest absolute Gasteiger partial charge is 0.274 e. The van der Waals surface area contributed by atoms with E-state index >= 15 is 0 Å². The molecule has 1 N–H and O–H groups in total. The molecule has 0 radical (unpaired) electrons. The molecular weight excluding hydrogens is 252 g/mol. The monoisotopic (exact) mass is 270 g/mol. The van der Waals surface area contributed by atoms with E-state index in [9.17, 15) is 4.79 Å². The van der Waals surface area contributed by atoms with Crippen molar-refractivity contribution in [2.24, 2.45) is 0 Å². The van der Waals surface area contributed by atoms with E-state index in [0.29, 0.717) is 12.2 Å². The standard InChI is InChI=1S/C16H18N2O2/c1-3-20-18-16(19)14-6-4-13(5-7-14)11-15-10-12(2)8-9-17-15/h4-10H,3,11H2,1-2H3,(H,18,19). The zero-order valence-electron chi connectivity index (χ0n) is 11.7. The first-order valence-corrected chi connectivity index (χ1v) is 6.61. The van der Waals surface area contributed by atoms with Crippen LogP contribution in [0.4, 0.5) is 0 Å². The fourth-order valence-corrected chi connectivity index (χ4v) is 1.88. The molecule has 0 bridgehead atoms. The highest BCUT2D eigenvalue weighted by Crippen LogP contribution is 2.10. The summed E-state index contributed by atoms with van der Waals surface area (Å²) in [6.07, 6.45) is 2.57. The molecule has 4 nitrogen and oxygen atoms in total. The fraction of sp³-hybridized carbons (Fsp3) is 0.250. The number of nitrogens with one attached hydrogen (secondary N) is 1. The van der Waals surface area contributed by atoms with Gasteiger partial charge in [0, 0.05) is 23.9 Å². The number of benzene rings is 1.